The summed E-state index contributed by atoms with van der Waals surface area (Å²) in [4.78, 5) is 15.1. The summed E-state index contributed by atoms with van der Waals surface area (Å²) in [6.07, 6.45) is 7.84. The number of carboxylic acid groups (broad SMARTS) is 1. The molecule has 0 spiro atoms. The van der Waals surface area contributed by atoms with Crippen molar-refractivity contribution >= 4 is 11.9 Å². The first-order valence-electron chi connectivity index (χ1n) is 18.2. The number of ether oxygens (including phenoxy) is 2. The van der Waals surface area contributed by atoms with E-state index >= 15 is 0 Å². The molecule has 1 aromatic heterocycles. The lowest BCUT2D eigenvalue weighted by molar-refractivity contribution is -0.252. The Balaban J connectivity index is 1.44. The topological polar surface area (TPSA) is 151 Å². The molecule has 10 nitrogen and oxygen atoms in total. The van der Waals surface area contributed by atoms with Gasteiger partial charge < -0.3 is 26.0 Å². The van der Waals surface area contributed by atoms with Crippen LogP contribution in [0.1, 0.15) is 114 Å². The van der Waals surface area contributed by atoms with Crippen LogP contribution in [0.2, 0.25) is 0 Å². The van der Waals surface area contributed by atoms with Gasteiger partial charge in [-0.2, -0.15) is 4.80 Å². The van der Waals surface area contributed by atoms with Crippen LogP contribution in [-0.2, 0) is 14.3 Å². The number of fused-ring (bicyclic) bond motifs is 3. The normalized spacial score (nSPS) is 44.5. The first-order chi connectivity index (χ1) is 21.8. The molecular formula is C37H62N6O4. The Morgan fingerprint density at radius 1 is 1.13 bits per heavy atom. The Morgan fingerprint density at radius 2 is 1.83 bits per heavy atom. The summed E-state index contributed by atoms with van der Waals surface area (Å²) < 4.78 is 13.5. The first kappa shape index (κ1) is 34.8. The van der Waals surface area contributed by atoms with E-state index < -0.39 is 11.9 Å². The zero-order chi connectivity index (χ0) is 34.5. The van der Waals surface area contributed by atoms with Crippen LogP contribution in [-0.4, -0.2) is 63.2 Å². The van der Waals surface area contributed by atoms with Gasteiger partial charge in [-0.3, -0.25) is 4.79 Å². The Labute approximate surface area is 282 Å². The molecule has 2 bridgehead atoms. The number of rotatable bonds is 7. The minimum atomic E-state index is -0.633. The summed E-state index contributed by atoms with van der Waals surface area (Å²) in [5, 5.41) is 24.1. The molecule has 1 aliphatic heterocycles. The van der Waals surface area contributed by atoms with Crippen molar-refractivity contribution in [1.82, 2.24) is 20.2 Å². The number of aromatic nitrogens is 4. The van der Waals surface area contributed by atoms with E-state index in [0.29, 0.717) is 37.6 Å². The van der Waals surface area contributed by atoms with Crippen LogP contribution in [0.15, 0.2) is 11.6 Å². The molecule has 5 aliphatic rings. The van der Waals surface area contributed by atoms with Crippen LogP contribution in [0.5, 0.6) is 0 Å². The molecule has 1 aromatic rings. The summed E-state index contributed by atoms with van der Waals surface area (Å²) in [5.41, 5.74) is 12.7. The number of carboxylic acids is 1. The van der Waals surface area contributed by atoms with E-state index in [0.717, 1.165) is 38.5 Å². The summed E-state index contributed by atoms with van der Waals surface area (Å²) in [7, 11) is 0. The third kappa shape index (κ3) is 4.88. The van der Waals surface area contributed by atoms with Gasteiger partial charge in [0.2, 0.25) is 0 Å². The van der Waals surface area contributed by atoms with Crippen molar-refractivity contribution in [2.75, 3.05) is 25.6 Å². The Hall–Kier alpha value is -2.04. The molecule has 0 amide bonds. The first-order valence-corrected chi connectivity index (χ1v) is 18.2. The zero-order valence-electron chi connectivity index (χ0n) is 30.7. The van der Waals surface area contributed by atoms with Gasteiger partial charge in [-0.1, -0.05) is 86.0 Å². The van der Waals surface area contributed by atoms with E-state index in [4.69, 9.17) is 20.9 Å². The van der Waals surface area contributed by atoms with Gasteiger partial charge in [0.1, 0.15) is 6.04 Å². The number of carbonyl (C=O) groups is 1. The molecule has 0 radical (unpaired) electrons. The van der Waals surface area contributed by atoms with Gasteiger partial charge in [-0.15, -0.1) is 5.10 Å². The number of anilines is 1. The largest absolute Gasteiger partial charge is 0.481 e. The number of nitrogens with zero attached hydrogens (tertiary/aromatic N) is 4. The number of nitrogens with two attached hydrogens (primary N) is 2. The highest BCUT2D eigenvalue weighted by Gasteiger charge is 2.72. The minimum Gasteiger partial charge on any atom is -0.481 e. The molecule has 1 saturated heterocycles. The molecule has 10 heteroatoms. The molecule has 4 aliphatic carbocycles. The second-order valence-electron chi connectivity index (χ2n) is 18.8. The van der Waals surface area contributed by atoms with Crippen molar-refractivity contribution in [3.63, 3.8) is 0 Å². The van der Waals surface area contributed by atoms with Gasteiger partial charge in [0.05, 0.1) is 31.8 Å². The van der Waals surface area contributed by atoms with Gasteiger partial charge in [-0.25, -0.2) is 0 Å². The lowest BCUT2D eigenvalue weighted by Crippen LogP contribution is -2.69. The van der Waals surface area contributed by atoms with E-state index in [1.807, 2.05) is 0 Å². The predicted molar refractivity (Wildman–Crippen MR) is 182 cm³/mol. The summed E-state index contributed by atoms with van der Waals surface area (Å²) in [6.45, 7) is 24.2. The molecule has 12 atom stereocenters. The molecule has 5 N–H and O–H groups in total. The highest BCUT2D eigenvalue weighted by molar-refractivity contribution is 5.73. The fourth-order valence-electron chi connectivity index (χ4n) is 11.9. The van der Waals surface area contributed by atoms with Gasteiger partial charge in [0.25, 0.3) is 5.95 Å². The number of aliphatic carboxylic acids is 1. The fraction of sp³-hybridized carbons (Fsp3) is 0.892. The van der Waals surface area contributed by atoms with Crippen molar-refractivity contribution in [2.45, 2.75) is 126 Å². The van der Waals surface area contributed by atoms with Crippen LogP contribution in [0, 0.1) is 62.1 Å². The smallest absolute Gasteiger partial charge is 0.307 e. The van der Waals surface area contributed by atoms with Gasteiger partial charge in [0.15, 0.2) is 0 Å². The molecular weight excluding hydrogens is 592 g/mol. The Kier molecular flexibility index (Phi) is 8.32. The van der Waals surface area contributed by atoms with E-state index in [1.165, 1.54) is 5.57 Å². The quantitative estimate of drug-likeness (QED) is 0.294. The van der Waals surface area contributed by atoms with Crippen LogP contribution in [0.25, 0.3) is 0 Å². The molecule has 0 aromatic carbocycles. The maximum atomic E-state index is 13.4. The van der Waals surface area contributed by atoms with Gasteiger partial charge in [0, 0.05) is 16.9 Å². The maximum absolute atomic E-state index is 13.4. The highest BCUT2D eigenvalue weighted by Crippen LogP contribution is 2.75. The summed E-state index contributed by atoms with van der Waals surface area (Å²) in [5.74, 6) is 0.459. The van der Waals surface area contributed by atoms with Crippen molar-refractivity contribution in [1.29, 1.82) is 0 Å². The van der Waals surface area contributed by atoms with Crippen LogP contribution < -0.4 is 11.5 Å². The number of tetrazole rings is 1. The summed E-state index contributed by atoms with van der Waals surface area (Å²) in [6, 6.07) is -0.324. The van der Waals surface area contributed by atoms with Crippen LogP contribution in [0.3, 0.4) is 0 Å². The van der Waals surface area contributed by atoms with Gasteiger partial charge >= 0.3 is 5.97 Å². The van der Waals surface area contributed by atoms with Crippen LogP contribution >= 0.6 is 0 Å². The van der Waals surface area contributed by atoms with Crippen LogP contribution in [0.4, 0.5) is 5.95 Å². The molecule has 6 rings (SSSR count). The monoisotopic (exact) mass is 654 g/mol. The number of hydrogen-bond acceptors (Lipinski definition) is 8. The third-order valence-electron chi connectivity index (χ3n) is 15.4. The molecule has 47 heavy (non-hydrogen) atoms. The Bertz CT molecular complexity index is 1410. The molecule has 1 unspecified atom stereocenters. The fourth-order valence-corrected chi connectivity index (χ4v) is 11.9. The van der Waals surface area contributed by atoms with Gasteiger partial charge in [-0.05, 0) is 89.1 Å². The maximum Gasteiger partial charge on any atom is 0.307 e. The summed E-state index contributed by atoms with van der Waals surface area (Å²) >= 11 is 0. The number of hydrogen-bond donors (Lipinski definition) is 3. The van der Waals surface area contributed by atoms with E-state index in [-0.39, 0.29) is 62.5 Å². The molecule has 3 saturated carbocycles. The highest BCUT2D eigenvalue weighted by atomic mass is 16.5. The second kappa shape index (κ2) is 11.2. The lowest BCUT2D eigenvalue weighted by Gasteiger charge is -2.71. The average Bonchev–Trinajstić information content (AvgIpc) is 3.41. The standard InChI is InChI=1S/C37H62N6O4/c1-21(2)22(3)33(7)15-16-35(9)23-11-12-26-34(8)19-46-20-37(26,24(23)13-14-36(35,10)28(33)30(44)45)17-25(43-41-31(39)40-42-43)29(34)47-18-27(38)32(4,5)6/h13,21-23,25-29H,11-12,14-20,38H2,1-10H3,(H2,39,41)(H,44,45)/t22-,23+,25-,26+,27+,28-,29+,33-,34+,35-,36+,37?/m1/s1. The lowest BCUT2D eigenvalue weighted by atomic mass is 9.34. The van der Waals surface area contributed by atoms with Crippen molar-refractivity contribution in [2.24, 2.45) is 67.8 Å². The Morgan fingerprint density at radius 3 is 2.43 bits per heavy atom. The van der Waals surface area contributed by atoms with E-state index in [9.17, 15) is 9.90 Å². The minimum absolute atomic E-state index is 0.0995. The average molecular weight is 655 g/mol. The number of nitrogen functional groups attached to an aromatic ring is 1. The molecule has 4 fully saturated rings. The predicted octanol–water partition coefficient (Wildman–Crippen LogP) is 6.14. The van der Waals surface area contributed by atoms with E-state index in [1.54, 1.807) is 4.80 Å². The SMILES string of the molecule is CC(C)[C@@H](C)[C@@]1(C)CC[C@]2(C)[C@H]3CC[C@@H]4C5(COC[C@]4(C)[C@@H](OC[C@H](N)C(C)(C)C)[C@H](n4nnc(N)n4)C5)C3=CC[C@@]2(C)[C@@H]1C(=O)O. The second-order valence-corrected chi connectivity index (χ2v) is 18.8. The molecule has 2 heterocycles. The van der Waals surface area contributed by atoms with E-state index in [2.05, 4.69) is 90.7 Å². The third-order valence-corrected chi connectivity index (χ3v) is 15.4. The number of allylic oxidation sites excluding steroid dienone is 1. The molecule has 264 valence electrons. The van der Waals surface area contributed by atoms with Crippen molar-refractivity contribution < 1.29 is 19.4 Å². The zero-order valence-corrected chi connectivity index (χ0v) is 30.7. The van der Waals surface area contributed by atoms with Crippen molar-refractivity contribution in [3.05, 3.63) is 11.6 Å². The van der Waals surface area contributed by atoms with Crippen molar-refractivity contribution in [3.8, 4) is 0 Å².